The van der Waals surface area contributed by atoms with E-state index in [2.05, 4.69) is 45.1 Å². The third kappa shape index (κ3) is 4.28. The maximum Gasteiger partial charge on any atom is 0.237 e. The summed E-state index contributed by atoms with van der Waals surface area (Å²) in [6.07, 6.45) is 3.38. The van der Waals surface area contributed by atoms with Gasteiger partial charge in [-0.15, -0.1) is 0 Å². The Kier molecular flexibility index (Phi) is 5.09. The molecule has 1 aromatic heterocycles. The lowest BCUT2D eigenvalue weighted by Gasteiger charge is -2.08. The SMILES string of the molecule is Cc1cc(Oc2cnc(CNC(C)C)cn2)ccc1Br. The van der Waals surface area contributed by atoms with Crippen LogP contribution in [-0.2, 0) is 6.54 Å². The third-order valence-corrected chi connectivity index (χ3v) is 3.61. The molecule has 0 saturated heterocycles. The van der Waals surface area contributed by atoms with Crippen molar-refractivity contribution in [2.24, 2.45) is 0 Å². The number of aromatic nitrogens is 2. The Labute approximate surface area is 127 Å². The van der Waals surface area contributed by atoms with Crippen LogP contribution in [0.15, 0.2) is 35.1 Å². The van der Waals surface area contributed by atoms with Crippen molar-refractivity contribution in [1.29, 1.82) is 0 Å². The quantitative estimate of drug-likeness (QED) is 0.901. The number of hydrogen-bond acceptors (Lipinski definition) is 4. The van der Waals surface area contributed by atoms with Crippen molar-refractivity contribution < 1.29 is 4.74 Å². The van der Waals surface area contributed by atoms with E-state index in [0.29, 0.717) is 18.5 Å². The third-order valence-electron chi connectivity index (χ3n) is 2.72. The van der Waals surface area contributed by atoms with Gasteiger partial charge in [0, 0.05) is 17.1 Å². The summed E-state index contributed by atoms with van der Waals surface area (Å²) in [6, 6.07) is 6.24. The normalized spacial score (nSPS) is 10.8. The Hall–Kier alpha value is -1.46. The molecule has 0 aliphatic rings. The summed E-state index contributed by atoms with van der Waals surface area (Å²) in [5, 5.41) is 3.30. The Balaban J connectivity index is 2.01. The second-order valence-corrected chi connectivity index (χ2v) is 5.75. The summed E-state index contributed by atoms with van der Waals surface area (Å²) >= 11 is 3.46. The molecule has 0 saturated carbocycles. The first-order valence-electron chi connectivity index (χ1n) is 6.53. The van der Waals surface area contributed by atoms with Crippen LogP contribution in [0.3, 0.4) is 0 Å². The van der Waals surface area contributed by atoms with Gasteiger partial charge in [-0.05, 0) is 30.7 Å². The van der Waals surface area contributed by atoms with Crippen LogP contribution in [0, 0.1) is 6.92 Å². The number of aryl methyl sites for hydroxylation is 1. The molecule has 0 unspecified atom stereocenters. The largest absolute Gasteiger partial charge is 0.437 e. The fourth-order valence-corrected chi connectivity index (χ4v) is 1.84. The zero-order valence-corrected chi connectivity index (χ0v) is 13.4. The molecule has 0 atom stereocenters. The summed E-state index contributed by atoms with van der Waals surface area (Å²) in [4.78, 5) is 8.60. The zero-order chi connectivity index (χ0) is 14.5. The number of ether oxygens (including phenoxy) is 1. The topological polar surface area (TPSA) is 47.0 Å². The Morgan fingerprint density at radius 3 is 2.65 bits per heavy atom. The molecular formula is C15H18BrN3O. The molecule has 1 aromatic carbocycles. The molecule has 106 valence electrons. The molecule has 1 heterocycles. The monoisotopic (exact) mass is 335 g/mol. The predicted octanol–water partition coefficient (Wildman–Crippen LogP) is 3.84. The van der Waals surface area contributed by atoms with Crippen LogP contribution in [-0.4, -0.2) is 16.0 Å². The van der Waals surface area contributed by atoms with Crippen LogP contribution in [0.5, 0.6) is 11.6 Å². The molecule has 2 aromatic rings. The second-order valence-electron chi connectivity index (χ2n) is 4.89. The minimum Gasteiger partial charge on any atom is -0.437 e. The van der Waals surface area contributed by atoms with Crippen molar-refractivity contribution in [3.05, 3.63) is 46.3 Å². The number of rotatable bonds is 5. The van der Waals surface area contributed by atoms with Gasteiger partial charge in [-0.25, -0.2) is 4.98 Å². The summed E-state index contributed by atoms with van der Waals surface area (Å²) < 4.78 is 6.74. The number of halogens is 1. The Bertz CT molecular complexity index is 570. The number of hydrogen-bond donors (Lipinski definition) is 1. The highest BCUT2D eigenvalue weighted by Gasteiger charge is 2.03. The minimum absolute atomic E-state index is 0.429. The van der Waals surface area contributed by atoms with Gasteiger partial charge in [-0.3, -0.25) is 4.98 Å². The summed E-state index contributed by atoms with van der Waals surface area (Å²) in [5.41, 5.74) is 2.02. The lowest BCUT2D eigenvalue weighted by molar-refractivity contribution is 0.458. The lowest BCUT2D eigenvalue weighted by atomic mass is 10.2. The van der Waals surface area contributed by atoms with Gasteiger partial charge in [0.15, 0.2) is 0 Å². The molecule has 0 spiro atoms. The highest BCUT2D eigenvalue weighted by atomic mass is 79.9. The molecule has 1 N–H and O–H groups in total. The molecule has 4 nitrogen and oxygen atoms in total. The van der Waals surface area contributed by atoms with E-state index in [4.69, 9.17) is 4.74 Å². The number of nitrogens with one attached hydrogen (secondary N) is 1. The van der Waals surface area contributed by atoms with Crippen LogP contribution in [0.2, 0.25) is 0 Å². The van der Waals surface area contributed by atoms with Crippen LogP contribution in [0.1, 0.15) is 25.1 Å². The zero-order valence-electron chi connectivity index (χ0n) is 11.9. The predicted molar refractivity (Wildman–Crippen MR) is 83.0 cm³/mol. The smallest absolute Gasteiger partial charge is 0.237 e. The summed E-state index contributed by atoms with van der Waals surface area (Å²) in [7, 11) is 0. The standard InChI is InChI=1S/C15H18BrN3O/c1-10(2)17-7-12-8-19-15(9-18-12)20-13-4-5-14(16)11(3)6-13/h4-6,8-10,17H,7H2,1-3H3. The van der Waals surface area contributed by atoms with E-state index in [1.54, 1.807) is 12.4 Å². The minimum atomic E-state index is 0.429. The molecule has 0 radical (unpaired) electrons. The molecule has 0 bridgehead atoms. The van der Waals surface area contributed by atoms with E-state index >= 15 is 0 Å². The van der Waals surface area contributed by atoms with Crippen molar-refractivity contribution in [3.63, 3.8) is 0 Å². The Morgan fingerprint density at radius 2 is 2.05 bits per heavy atom. The molecule has 20 heavy (non-hydrogen) atoms. The van der Waals surface area contributed by atoms with Crippen molar-refractivity contribution in [2.45, 2.75) is 33.4 Å². The van der Waals surface area contributed by atoms with Gasteiger partial charge in [0.1, 0.15) is 5.75 Å². The second kappa shape index (κ2) is 6.81. The van der Waals surface area contributed by atoms with Gasteiger partial charge in [-0.2, -0.15) is 0 Å². The summed E-state index contributed by atoms with van der Waals surface area (Å²) in [6.45, 7) is 6.92. The van der Waals surface area contributed by atoms with Crippen molar-refractivity contribution in [3.8, 4) is 11.6 Å². The van der Waals surface area contributed by atoms with E-state index in [9.17, 15) is 0 Å². The first-order chi connectivity index (χ1) is 9.54. The van der Waals surface area contributed by atoms with E-state index in [1.807, 2.05) is 25.1 Å². The maximum absolute atomic E-state index is 5.68. The van der Waals surface area contributed by atoms with Crippen molar-refractivity contribution >= 4 is 15.9 Å². The van der Waals surface area contributed by atoms with Crippen LogP contribution < -0.4 is 10.1 Å². The van der Waals surface area contributed by atoms with Crippen LogP contribution >= 0.6 is 15.9 Å². The highest BCUT2D eigenvalue weighted by molar-refractivity contribution is 9.10. The maximum atomic E-state index is 5.68. The lowest BCUT2D eigenvalue weighted by Crippen LogP contribution is -2.22. The van der Waals surface area contributed by atoms with Gasteiger partial charge in [0.05, 0.1) is 18.1 Å². The van der Waals surface area contributed by atoms with E-state index in [-0.39, 0.29) is 0 Å². The average Bonchev–Trinajstić information content (AvgIpc) is 2.42. The fourth-order valence-electron chi connectivity index (χ4n) is 1.60. The van der Waals surface area contributed by atoms with Gasteiger partial charge in [0.2, 0.25) is 5.88 Å². The molecular weight excluding hydrogens is 318 g/mol. The number of benzene rings is 1. The molecule has 0 aliphatic carbocycles. The Morgan fingerprint density at radius 1 is 1.25 bits per heavy atom. The highest BCUT2D eigenvalue weighted by Crippen LogP contribution is 2.24. The van der Waals surface area contributed by atoms with Gasteiger partial charge >= 0.3 is 0 Å². The molecule has 0 fully saturated rings. The van der Waals surface area contributed by atoms with Gasteiger partial charge in [-0.1, -0.05) is 29.8 Å². The van der Waals surface area contributed by atoms with Crippen molar-refractivity contribution in [2.75, 3.05) is 0 Å². The van der Waals surface area contributed by atoms with E-state index in [1.165, 1.54) is 0 Å². The average molecular weight is 336 g/mol. The molecule has 0 aliphatic heterocycles. The fraction of sp³-hybridized carbons (Fsp3) is 0.333. The van der Waals surface area contributed by atoms with Crippen molar-refractivity contribution in [1.82, 2.24) is 15.3 Å². The van der Waals surface area contributed by atoms with E-state index < -0.39 is 0 Å². The molecule has 0 amide bonds. The summed E-state index contributed by atoms with van der Waals surface area (Å²) in [5.74, 6) is 1.26. The molecule has 2 rings (SSSR count). The van der Waals surface area contributed by atoms with Crippen LogP contribution in [0.25, 0.3) is 0 Å². The molecule has 5 heteroatoms. The van der Waals surface area contributed by atoms with Crippen LogP contribution in [0.4, 0.5) is 0 Å². The first kappa shape index (κ1) is 14.9. The van der Waals surface area contributed by atoms with Gasteiger partial charge < -0.3 is 10.1 Å². The first-order valence-corrected chi connectivity index (χ1v) is 7.32. The van der Waals surface area contributed by atoms with Gasteiger partial charge in [0.25, 0.3) is 0 Å². The van der Waals surface area contributed by atoms with E-state index in [0.717, 1.165) is 21.5 Å². The number of nitrogens with zero attached hydrogens (tertiary/aromatic N) is 2.